The smallest absolute Gasteiger partial charge is 0.135 e. The molecule has 0 unspecified atom stereocenters. The van der Waals surface area contributed by atoms with Gasteiger partial charge in [-0.05, 0) is 70.1 Å². The van der Waals surface area contributed by atoms with E-state index in [0.29, 0.717) is 12.1 Å². The van der Waals surface area contributed by atoms with Crippen molar-refractivity contribution in [2.45, 2.75) is 37.8 Å². The summed E-state index contributed by atoms with van der Waals surface area (Å²) in [4.78, 5) is 11.6. The number of nitrogens with one attached hydrogen (secondary N) is 1. The van der Waals surface area contributed by atoms with Gasteiger partial charge < -0.3 is 25.8 Å². The number of likely N-dealkylation sites (N-methyl/N-ethyl adjacent to an activating group) is 2. The first kappa shape index (κ1) is 21.7. The molecule has 2 aliphatic rings. The molecule has 0 bridgehead atoms. The molecule has 1 aliphatic carbocycles. The normalized spacial score (nSPS) is 20.6. The van der Waals surface area contributed by atoms with Crippen LogP contribution in [0.5, 0.6) is 0 Å². The van der Waals surface area contributed by atoms with Gasteiger partial charge in [0.25, 0.3) is 0 Å². The zero-order valence-corrected chi connectivity index (χ0v) is 19.1. The molecule has 0 saturated heterocycles. The van der Waals surface area contributed by atoms with E-state index < -0.39 is 0 Å². The van der Waals surface area contributed by atoms with Gasteiger partial charge in [-0.25, -0.2) is 4.98 Å². The standard InChI is InChI=1S/C25H36N6/c1-29(2)17-18-30(3)21-10-12-22(13-11-21)31-16-4-5-23-24(31)14-15-27-25(23)28-20-8-6-19(26)7-9-20/h4-5,10-15,19-20H,6-9,16-18,26H2,1-3H3,(H,27,28). The Labute approximate surface area is 186 Å². The summed E-state index contributed by atoms with van der Waals surface area (Å²) in [6.45, 7) is 2.91. The van der Waals surface area contributed by atoms with Gasteiger partial charge in [-0.3, -0.25) is 0 Å². The van der Waals surface area contributed by atoms with Gasteiger partial charge in [-0.2, -0.15) is 0 Å². The number of pyridine rings is 1. The van der Waals surface area contributed by atoms with E-state index in [-0.39, 0.29) is 0 Å². The van der Waals surface area contributed by atoms with Crippen LogP contribution >= 0.6 is 0 Å². The van der Waals surface area contributed by atoms with Crippen LogP contribution in [-0.4, -0.2) is 62.7 Å². The minimum atomic E-state index is 0.357. The average Bonchev–Trinajstić information content (AvgIpc) is 2.79. The monoisotopic (exact) mass is 420 g/mol. The summed E-state index contributed by atoms with van der Waals surface area (Å²) in [7, 11) is 6.37. The molecule has 0 radical (unpaired) electrons. The van der Waals surface area contributed by atoms with E-state index in [9.17, 15) is 0 Å². The van der Waals surface area contributed by atoms with Crippen molar-refractivity contribution in [2.24, 2.45) is 5.73 Å². The number of anilines is 4. The van der Waals surface area contributed by atoms with Crippen molar-refractivity contribution >= 4 is 29.0 Å². The number of fused-ring (bicyclic) bond motifs is 1. The largest absolute Gasteiger partial charge is 0.373 e. The van der Waals surface area contributed by atoms with E-state index in [2.05, 4.69) is 88.6 Å². The highest BCUT2D eigenvalue weighted by molar-refractivity contribution is 5.83. The Hall–Kier alpha value is -2.57. The first-order valence-corrected chi connectivity index (χ1v) is 11.4. The molecule has 6 nitrogen and oxygen atoms in total. The van der Waals surface area contributed by atoms with E-state index in [1.165, 1.54) is 22.6 Å². The minimum Gasteiger partial charge on any atom is -0.373 e. The Morgan fingerprint density at radius 3 is 2.48 bits per heavy atom. The molecule has 1 aromatic heterocycles. The van der Waals surface area contributed by atoms with Crippen LogP contribution in [0, 0.1) is 0 Å². The number of benzene rings is 1. The van der Waals surface area contributed by atoms with Crippen molar-refractivity contribution in [3.8, 4) is 0 Å². The zero-order valence-electron chi connectivity index (χ0n) is 19.1. The predicted molar refractivity (Wildman–Crippen MR) is 132 cm³/mol. The van der Waals surface area contributed by atoms with Gasteiger partial charge in [-0.15, -0.1) is 0 Å². The molecule has 6 heteroatoms. The van der Waals surface area contributed by atoms with Crippen LogP contribution in [0.2, 0.25) is 0 Å². The topological polar surface area (TPSA) is 60.7 Å². The highest BCUT2D eigenvalue weighted by atomic mass is 15.2. The van der Waals surface area contributed by atoms with Crippen LogP contribution in [0.1, 0.15) is 31.2 Å². The molecule has 2 aromatic rings. The lowest BCUT2D eigenvalue weighted by atomic mass is 9.91. The molecule has 4 rings (SSSR count). The van der Waals surface area contributed by atoms with Gasteiger partial charge in [0.15, 0.2) is 0 Å². The fraction of sp³-hybridized carbons (Fsp3) is 0.480. The van der Waals surface area contributed by atoms with Crippen molar-refractivity contribution < 1.29 is 0 Å². The second-order valence-electron chi connectivity index (χ2n) is 9.10. The van der Waals surface area contributed by atoms with Crippen LogP contribution in [0.25, 0.3) is 6.08 Å². The molecule has 0 atom stereocenters. The number of hydrogen-bond donors (Lipinski definition) is 2. The summed E-state index contributed by atoms with van der Waals surface area (Å²) >= 11 is 0. The summed E-state index contributed by atoms with van der Waals surface area (Å²) in [6.07, 6.45) is 10.8. The Kier molecular flexibility index (Phi) is 6.78. The summed E-state index contributed by atoms with van der Waals surface area (Å²) < 4.78 is 0. The molecular weight excluding hydrogens is 384 g/mol. The second-order valence-corrected chi connectivity index (χ2v) is 9.10. The Balaban J connectivity index is 1.50. The number of nitrogens with zero attached hydrogens (tertiary/aromatic N) is 4. The van der Waals surface area contributed by atoms with E-state index in [1.807, 2.05) is 6.20 Å². The van der Waals surface area contributed by atoms with E-state index >= 15 is 0 Å². The van der Waals surface area contributed by atoms with Gasteiger partial charge in [0.1, 0.15) is 5.82 Å². The summed E-state index contributed by atoms with van der Waals surface area (Å²) in [5.41, 5.74) is 10.9. The average molecular weight is 421 g/mol. The van der Waals surface area contributed by atoms with Crippen molar-refractivity contribution in [3.05, 3.63) is 48.2 Å². The van der Waals surface area contributed by atoms with Crippen LogP contribution < -0.4 is 20.9 Å². The minimum absolute atomic E-state index is 0.357. The van der Waals surface area contributed by atoms with Crippen molar-refractivity contribution in [2.75, 3.05) is 55.9 Å². The predicted octanol–water partition coefficient (Wildman–Crippen LogP) is 3.93. The maximum absolute atomic E-state index is 6.08. The lowest BCUT2D eigenvalue weighted by Crippen LogP contribution is -2.33. The van der Waals surface area contributed by atoms with Crippen LogP contribution in [-0.2, 0) is 0 Å². The van der Waals surface area contributed by atoms with E-state index in [0.717, 1.165) is 51.1 Å². The molecular formula is C25H36N6. The quantitative estimate of drug-likeness (QED) is 0.708. The summed E-state index contributed by atoms with van der Waals surface area (Å²) in [5, 5.41) is 3.69. The van der Waals surface area contributed by atoms with Crippen molar-refractivity contribution in [1.82, 2.24) is 9.88 Å². The first-order chi connectivity index (χ1) is 15.0. The lowest BCUT2D eigenvalue weighted by Gasteiger charge is -2.32. The number of aromatic nitrogens is 1. The van der Waals surface area contributed by atoms with Gasteiger partial charge >= 0.3 is 0 Å². The molecule has 2 heterocycles. The van der Waals surface area contributed by atoms with Crippen LogP contribution in [0.15, 0.2) is 42.6 Å². The molecule has 1 fully saturated rings. The molecule has 31 heavy (non-hydrogen) atoms. The van der Waals surface area contributed by atoms with Crippen LogP contribution in [0.4, 0.5) is 22.9 Å². The fourth-order valence-corrected chi connectivity index (χ4v) is 4.42. The Morgan fingerprint density at radius 1 is 1.03 bits per heavy atom. The van der Waals surface area contributed by atoms with E-state index in [1.54, 1.807) is 0 Å². The molecule has 3 N–H and O–H groups in total. The molecule has 0 spiro atoms. The van der Waals surface area contributed by atoms with Crippen molar-refractivity contribution in [1.29, 1.82) is 0 Å². The third-order valence-electron chi connectivity index (χ3n) is 6.43. The maximum Gasteiger partial charge on any atom is 0.135 e. The number of hydrogen-bond acceptors (Lipinski definition) is 6. The maximum atomic E-state index is 6.08. The Bertz CT molecular complexity index is 883. The number of rotatable bonds is 7. The highest BCUT2D eigenvalue weighted by Crippen LogP contribution is 2.36. The van der Waals surface area contributed by atoms with E-state index in [4.69, 9.17) is 5.73 Å². The van der Waals surface area contributed by atoms with Gasteiger partial charge in [0.05, 0.1) is 5.69 Å². The van der Waals surface area contributed by atoms with Crippen LogP contribution in [0.3, 0.4) is 0 Å². The molecule has 166 valence electrons. The third kappa shape index (κ3) is 5.20. The molecule has 0 amide bonds. The molecule has 1 aliphatic heterocycles. The lowest BCUT2D eigenvalue weighted by molar-refractivity contribution is 0.410. The second kappa shape index (κ2) is 9.71. The summed E-state index contributed by atoms with van der Waals surface area (Å²) in [6, 6.07) is 11.8. The number of nitrogens with two attached hydrogens (primary N) is 1. The fourth-order valence-electron chi connectivity index (χ4n) is 4.42. The van der Waals surface area contributed by atoms with Gasteiger partial charge in [0.2, 0.25) is 0 Å². The first-order valence-electron chi connectivity index (χ1n) is 11.4. The van der Waals surface area contributed by atoms with Gasteiger partial charge in [-0.1, -0.05) is 12.2 Å². The van der Waals surface area contributed by atoms with Crippen molar-refractivity contribution in [3.63, 3.8) is 0 Å². The highest BCUT2D eigenvalue weighted by Gasteiger charge is 2.22. The van der Waals surface area contributed by atoms with Gasteiger partial charge in [0, 0.05) is 61.9 Å². The third-order valence-corrected chi connectivity index (χ3v) is 6.43. The zero-order chi connectivity index (χ0) is 21.8. The SMILES string of the molecule is CN(C)CCN(C)c1ccc(N2CC=Cc3c2ccnc3NC2CCC(N)CC2)cc1. The molecule has 1 aromatic carbocycles. The Morgan fingerprint density at radius 2 is 1.77 bits per heavy atom. The molecule has 1 saturated carbocycles. The summed E-state index contributed by atoms with van der Waals surface area (Å²) in [5.74, 6) is 0.985.